The van der Waals surface area contributed by atoms with Crippen LogP contribution in [0.3, 0.4) is 0 Å². The van der Waals surface area contributed by atoms with E-state index in [4.69, 9.17) is 0 Å². The molecule has 0 aliphatic rings. The summed E-state index contributed by atoms with van der Waals surface area (Å²) in [5.41, 5.74) is 1.85. The van der Waals surface area contributed by atoms with Gasteiger partial charge in [0.25, 0.3) is 10.1 Å². The molecule has 1 unspecified atom stereocenters. The average Bonchev–Trinajstić information content (AvgIpc) is 2.76. The van der Waals surface area contributed by atoms with Crippen molar-refractivity contribution in [1.29, 1.82) is 0 Å². The van der Waals surface area contributed by atoms with Gasteiger partial charge < -0.3 is 0 Å². The Morgan fingerprint density at radius 3 is 1.90 bits per heavy atom. The van der Waals surface area contributed by atoms with Gasteiger partial charge in [-0.1, -0.05) is 120 Å². The lowest BCUT2D eigenvalue weighted by molar-refractivity contribution is 0.338. The van der Waals surface area contributed by atoms with Gasteiger partial charge in [0.05, 0.1) is 4.90 Å². The first-order valence-corrected chi connectivity index (χ1v) is 13.5. The Morgan fingerprint density at radius 2 is 1.29 bits per heavy atom. The van der Waals surface area contributed by atoms with E-state index in [1.807, 2.05) is 18.2 Å². The highest BCUT2D eigenvalue weighted by atomic mass is 32.2. The van der Waals surface area contributed by atoms with E-state index < -0.39 is 10.1 Å². The first-order chi connectivity index (χ1) is 14.9. The van der Waals surface area contributed by atoms with Crippen LogP contribution in [-0.4, -0.2) is 13.0 Å². The third kappa shape index (κ3) is 8.08. The van der Waals surface area contributed by atoms with Crippen molar-refractivity contribution in [2.75, 3.05) is 0 Å². The molecule has 4 heteroatoms. The Labute approximate surface area is 190 Å². The topological polar surface area (TPSA) is 54.4 Å². The highest BCUT2D eigenvalue weighted by Crippen LogP contribution is 2.39. The smallest absolute Gasteiger partial charge is 0.282 e. The molecular weight excluding hydrogens is 404 g/mol. The number of hydrogen-bond acceptors (Lipinski definition) is 2. The molecule has 172 valence electrons. The molecule has 31 heavy (non-hydrogen) atoms. The maximum absolute atomic E-state index is 12.0. The summed E-state index contributed by atoms with van der Waals surface area (Å²) in [7, 11) is -4.24. The maximum atomic E-state index is 12.0. The molecule has 0 aromatic heterocycles. The molecule has 1 atom stereocenters. The van der Waals surface area contributed by atoms with Crippen molar-refractivity contribution < 1.29 is 13.0 Å². The van der Waals surface area contributed by atoms with Crippen molar-refractivity contribution in [3.8, 4) is 0 Å². The van der Waals surface area contributed by atoms with Gasteiger partial charge in [-0.05, 0) is 41.9 Å². The molecule has 0 aliphatic heterocycles. The van der Waals surface area contributed by atoms with E-state index in [-0.39, 0.29) is 10.3 Å². The normalized spacial score (nSPS) is 13.8. The largest absolute Gasteiger partial charge is 0.294 e. The monoisotopic (exact) mass is 444 g/mol. The fourth-order valence-electron chi connectivity index (χ4n) is 4.83. The van der Waals surface area contributed by atoms with Gasteiger partial charge in [-0.25, -0.2) is 0 Å². The molecule has 0 fully saturated rings. The molecule has 1 N–H and O–H groups in total. The van der Waals surface area contributed by atoms with Crippen molar-refractivity contribution in [2.45, 2.75) is 101 Å². The molecule has 0 bridgehead atoms. The second kappa shape index (κ2) is 13.0. The molecule has 0 heterocycles. The molecule has 2 rings (SSSR count). The zero-order valence-corrected chi connectivity index (χ0v) is 20.2. The molecule has 0 saturated heterocycles. The van der Waals surface area contributed by atoms with Crippen LogP contribution in [0.25, 0.3) is 0 Å². The summed E-state index contributed by atoms with van der Waals surface area (Å²) in [5, 5.41) is 0. The van der Waals surface area contributed by atoms with E-state index in [1.165, 1.54) is 56.6 Å². The molecule has 0 aliphatic carbocycles. The van der Waals surface area contributed by atoms with Crippen LogP contribution in [0.1, 0.15) is 95.6 Å². The average molecular weight is 445 g/mol. The zero-order valence-electron chi connectivity index (χ0n) is 19.4. The van der Waals surface area contributed by atoms with Crippen LogP contribution in [0.4, 0.5) is 0 Å². The molecular formula is C27H40O3S. The quantitative estimate of drug-likeness (QED) is 0.226. The van der Waals surface area contributed by atoms with Crippen molar-refractivity contribution in [2.24, 2.45) is 0 Å². The third-order valence-electron chi connectivity index (χ3n) is 6.40. The summed E-state index contributed by atoms with van der Waals surface area (Å²) < 4.78 is 33.8. The standard InChI is InChI=1S/C27H40O3S/c1-3-5-6-7-8-9-10-16-22-27(21-4-2,25-18-12-11-13-19-25)23-24-17-14-15-20-26(24)31(28,29)30/h11-15,17-20H,3-10,16,21-23H2,1-2H3,(H,28,29,30). The number of unbranched alkanes of at least 4 members (excludes halogenated alkanes) is 7. The summed E-state index contributed by atoms with van der Waals surface area (Å²) in [6, 6.07) is 17.4. The lowest BCUT2D eigenvalue weighted by Crippen LogP contribution is -2.30. The van der Waals surface area contributed by atoms with Gasteiger partial charge in [0.2, 0.25) is 0 Å². The van der Waals surface area contributed by atoms with Gasteiger partial charge in [-0.15, -0.1) is 0 Å². The number of rotatable bonds is 15. The third-order valence-corrected chi connectivity index (χ3v) is 7.36. The predicted molar refractivity (Wildman–Crippen MR) is 130 cm³/mol. The van der Waals surface area contributed by atoms with E-state index in [9.17, 15) is 13.0 Å². The summed E-state index contributed by atoms with van der Waals surface area (Å²) in [6.45, 7) is 4.44. The van der Waals surface area contributed by atoms with Gasteiger partial charge in [0.1, 0.15) is 0 Å². The van der Waals surface area contributed by atoms with E-state index in [2.05, 4.69) is 38.1 Å². The van der Waals surface area contributed by atoms with Crippen LogP contribution in [0.5, 0.6) is 0 Å². The summed E-state index contributed by atoms with van der Waals surface area (Å²) in [6.07, 6.45) is 13.9. The summed E-state index contributed by atoms with van der Waals surface area (Å²) in [4.78, 5) is 0.0438. The predicted octanol–water partition coefficient (Wildman–Crippen LogP) is 7.74. The van der Waals surface area contributed by atoms with Gasteiger partial charge in [0.15, 0.2) is 0 Å². The molecule has 2 aromatic rings. The van der Waals surface area contributed by atoms with Gasteiger partial charge in [-0.3, -0.25) is 4.55 Å². The van der Waals surface area contributed by atoms with E-state index in [0.717, 1.165) is 25.7 Å². The fraction of sp³-hybridized carbons (Fsp3) is 0.556. The van der Waals surface area contributed by atoms with Gasteiger partial charge in [0, 0.05) is 0 Å². The first-order valence-electron chi connectivity index (χ1n) is 12.0. The van der Waals surface area contributed by atoms with Gasteiger partial charge >= 0.3 is 0 Å². The second-order valence-electron chi connectivity index (χ2n) is 8.88. The molecule has 0 saturated carbocycles. The SMILES string of the molecule is CCCCCCCCCCC(CCC)(Cc1ccccc1S(=O)(=O)O)c1ccccc1. The minimum Gasteiger partial charge on any atom is -0.282 e. The summed E-state index contributed by atoms with van der Waals surface area (Å²) >= 11 is 0. The molecule has 0 radical (unpaired) electrons. The van der Waals surface area contributed by atoms with Crippen molar-refractivity contribution in [3.05, 3.63) is 65.7 Å². The van der Waals surface area contributed by atoms with E-state index in [0.29, 0.717) is 12.0 Å². The summed E-state index contributed by atoms with van der Waals surface area (Å²) in [5.74, 6) is 0. The Bertz CT molecular complexity index is 861. The molecule has 3 nitrogen and oxygen atoms in total. The highest BCUT2D eigenvalue weighted by molar-refractivity contribution is 7.85. The van der Waals surface area contributed by atoms with Crippen LogP contribution >= 0.6 is 0 Å². The van der Waals surface area contributed by atoms with E-state index >= 15 is 0 Å². The van der Waals surface area contributed by atoms with Crippen molar-refractivity contribution in [3.63, 3.8) is 0 Å². The Balaban J connectivity index is 2.21. The highest BCUT2D eigenvalue weighted by Gasteiger charge is 2.33. The fourth-order valence-corrected chi connectivity index (χ4v) is 5.55. The van der Waals surface area contributed by atoms with Crippen LogP contribution in [0, 0.1) is 0 Å². The first kappa shape index (κ1) is 25.6. The van der Waals surface area contributed by atoms with Crippen LogP contribution in [0.15, 0.2) is 59.5 Å². The number of benzene rings is 2. The van der Waals surface area contributed by atoms with Crippen molar-refractivity contribution >= 4 is 10.1 Å². The Morgan fingerprint density at radius 1 is 0.710 bits per heavy atom. The minimum atomic E-state index is -4.24. The lowest BCUT2D eigenvalue weighted by Gasteiger charge is -2.35. The minimum absolute atomic E-state index is 0.0438. The maximum Gasteiger partial charge on any atom is 0.294 e. The Hall–Kier alpha value is -1.65. The second-order valence-corrected chi connectivity index (χ2v) is 10.3. The zero-order chi connectivity index (χ0) is 22.6. The lowest BCUT2D eigenvalue weighted by atomic mass is 9.69. The molecule has 2 aromatic carbocycles. The number of hydrogen-bond donors (Lipinski definition) is 1. The van der Waals surface area contributed by atoms with Crippen molar-refractivity contribution in [1.82, 2.24) is 0 Å². The molecule has 0 amide bonds. The van der Waals surface area contributed by atoms with Crippen LogP contribution < -0.4 is 0 Å². The van der Waals surface area contributed by atoms with Gasteiger partial charge in [-0.2, -0.15) is 8.42 Å². The van der Waals surface area contributed by atoms with Crippen LogP contribution in [0.2, 0.25) is 0 Å². The van der Waals surface area contributed by atoms with Crippen LogP contribution in [-0.2, 0) is 22.0 Å². The van der Waals surface area contributed by atoms with E-state index in [1.54, 1.807) is 6.07 Å². The molecule has 0 spiro atoms. The Kier molecular flexibility index (Phi) is 10.8.